The van der Waals surface area contributed by atoms with Gasteiger partial charge in [0.15, 0.2) is 0 Å². The van der Waals surface area contributed by atoms with Crippen molar-refractivity contribution in [3.05, 3.63) is 34.4 Å². The standard InChI is InChI=1S/C31H56O3/c1-8-10-12-20-31(7,33)21-14-17-24(3)15-13-16-25(4)18-19-28-23-29(32)26(5)27(6)30(28)34-22-11-9-2/h17,23,25,29-30,32-33H,8-16,18-22H2,1-7H3/b24-17+. The summed E-state index contributed by atoms with van der Waals surface area (Å²) in [5, 5.41) is 21.0. The van der Waals surface area contributed by atoms with Crippen LogP contribution in [-0.4, -0.2) is 34.6 Å². The van der Waals surface area contributed by atoms with E-state index in [4.69, 9.17) is 4.74 Å². The van der Waals surface area contributed by atoms with Crippen molar-refractivity contribution in [2.24, 2.45) is 5.92 Å². The third kappa shape index (κ3) is 12.2. The number of aliphatic hydroxyl groups is 2. The van der Waals surface area contributed by atoms with Crippen molar-refractivity contribution in [3.8, 4) is 0 Å². The van der Waals surface area contributed by atoms with Crippen LogP contribution in [-0.2, 0) is 4.74 Å². The molecule has 2 N–H and O–H groups in total. The predicted octanol–water partition coefficient (Wildman–Crippen LogP) is 8.45. The monoisotopic (exact) mass is 476 g/mol. The van der Waals surface area contributed by atoms with Gasteiger partial charge >= 0.3 is 0 Å². The third-order valence-electron chi connectivity index (χ3n) is 7.64. The number of unbranched alkanes of at least 4 members (excludes halogenated alkanes) is 3. The zero-order valence-electron chi connectivity index (χ0n) is 23.6. The number of allylic oxidation sites excluding steroid dienone is 2. The lowest BCUT2D eigenvalue weighted by Crippen LogP contribution is -2.27. The minimum atomic E-state index is -0.522. The molecule has 4 unspecified atom stereocenters. The molecule has 0 aromatic carbocycles. The van der Waals surface area contributed by atoms with E-state index in [1.807, 2.05) is 19.9 Å². The van der Waals surface area contributed by atoms with Gasteiger partial charge in [0, 0.05) is 6.61 Å². The van der Waals surface area contributed by atoms with Crippen LogP contribution in [0.15, 0.2) is 34.4 Å². The van der Waals surface area contributed by atoms with E-state index in [-0.39, 0.29) is 6.10 Å². The van der Waals surface area contributed by atoms with Crippen molar-refractivity contribution in [2.45, 2.75) is 150 Å². The molecular formula is C31H56O3. The van der Waals surface area contributed by atoms with Gasteiger partial charge in [0.1, 0.15) is 0 Å². The highest BCUT2D eigenvalue weighted by atomic mass is 16.5. The summed E-state index contributed by atoms with van der Waals surface area (Å²) in [4.78, 5) is 0. The second-order valence-electron chi connectivity index (χ2n) is 11.2. The fourth-order valence-electron chi connectivity index (χ4n) is 4.82. The van der Waals surface area contributed by atoms with Crippen LogP contribution in [0.1, 0.15) is 132 Å². The van der Waals surface area contributed by atoms with Crippen molar-refractivity contribution >= 4 is 0 Å². The molecule has 0 saturated heterocycles. The first-order chi connectivity index (χ1) is 16.1. The smallest absolute Gasteiger partial charge is 0.0997 e. The molecule has 1 rings (SSSR count). The van der Waals surface area contributed by atoms with Crippen LogP contribution in [0.25, 0.3) is 0 Å². The van der Waals surface area contributed by atoms with Crippen LogP contribution in [0, 0.1) is 5.92 Å². The van der Waals surface area contributed by atoms with Crippen LogP contribution in [0.5, 0.6) is 0 Å². The molecule has 4 atom stereocenters. The molecule has 1 aliphatic carbocycles. The molecule has 3 nitrogen and oxygen atoms in total. The lowest BCUT2D eigenvalue weighted by molar-refractivity contribution is 0.0403. The SMILES string of the molecule is CCCCCC(C)(O)CC/C=C(\C)CCCC(C)CCC1=CC(O)C(C)=C(C)C1OCCCC. The molecule has 3 heteroatoms. The van der Waals surface area contributed by atoms with E-state index < -0.39 is 11.7 Å². The average Bonchev–Trinajstić information content (AvgIpc) is 2.78. The van der Waals surface area contributed by atoms with E-state index in [9.17, 15) is 10.2 Å². The van der Waals surface area contributed by atoms with Crippen LogP contribution >= 0.6 is 0 Å². The lowest BCUT2D eigenvalue weighted by Gasteiger charge is -2.30. The third-order valence-corrected chi connectivity index (χ3v) is 7.64. The van der Waals surface area contributed by atoms with E-state index in [0.717, 1.165) is 70.0 Å². The Hall–Kier alpha value is -0.900. The minimum absolute atomic E-state index is 0.0477. The number of aliphatic hydroxyl groups excluding tert-OH is 1. The van der Waals surface area contributed by atoms with Gasteiger partial charge < -0.3 is 14.9 Å². The van der Waals surface area contributed by atoms with Crippen LogP contribution in [0.4, 0.5) is 0 Å². The van der Waals surface area contributed by atoms with Crippen molar-refractivity contribution in [3.63, 3.8) is 0 Å². The summed E-state index contributed by atoms with van der Waals surface area (Å²) in [6, 6.07) is 0. The van der Waals surface area contributed by atoms with Gasteiger partial charge in [-0.25, -0.2) is 0 Å². The molecule has 0 saturated carbocycles. The Kier molecular flexibility index (Phi) is 15.3. The zero-order chi connectivity index (χ0) is 25.6. The summed E-state index contributed by atoms with van der Waals surface area (Å²) in [5.74, 6) is 0.661. The van der Waals surface area contributed by atoms with Gasteiger partial charge in [-0.1, -0.05) is 64.5 Å². The predicted molar refractivity (Wildman–Crippen MR) is 147 cm³/mol. The topological polar surface area (TPSA) is 49.7 Å². The number of rotatable bonds is 18. The molecule has 0 heterocycles. The first-order valence-electron chi connectivity index (χ1n) is 14.2. The zero-order valence-corrected chi connectivity index (χ0v) is 23.6. The molecule has 0 bridgehead atoms. The number of hydrogen-bond acceptors (Lipinski definition) is 3. The van der Waals surface area contributed by atoms with Crippen LogP contribution in [0.3, 0.4) is 0 Å². The second-order valence-corrected chi connectivity index (χ2v) is 11.2. The lowest BCUT2D eigenvalue weighted by atomic mass is 9.85. The molecule has 198 valence electrons. The summed E-state index contributed by atoms with van der Waals surface area (Å²) in [5.41, 5.74) is 4.43. The average molecular weight is 477 g/mol. The first-order valence-corrected chi connectivity index (χ1v) is 14.2. The molecule has 0 fully saturated rings. The molecule has 0 radical (unpaired) electrons. The number of hydrogen-bond donors (Lipinski definition) is 2. The first kappa shape index (κ1) is 31.1. The van der Waals surface area contributed by atoms with E-state index in [1.165, 1.54) is 42.4 Å². The fraction of sp³-hybridized carbons (Fsp3) is 0.806. The maximum absolute atomic E-state index is 10.5. The largest absolute Gasteiger partial charge is 0.390 e. The Labute approximate surface area is 211 Å². The molecule has 0 spiro atoms. The maximum atomic E-state index is 10.5. The molecule has 0 aromatic heterocycles. The molecule has 0 aliphatic heterocycles. The summed E-state index contributed by atoms with van der Waals surface area (Å²) < 4.78 is 6.24. The quantitative estimate of drug-likeness (QED) is 0.154. The molecule has 34 heavy (non-hydrogen) atoms. The summed E-state index contributed by atoms with van der Waals surface area (Å²) in [7, 11) is 0. The highest BCUT2D eigenvalue weighted by Gasteiger charge is 2.26. The fourth-order valence-corrected chi connectivity index (χ4v) is 4.82. The van der Waals surface area contributed by atoms with Crippen molar-refractivity contribution in [1.82, 2.24) is 0 Å². The Morgan fingerprint density at radius 1 is 1.06 bits per heavy atom. The number of ether oxygens (including phenoxy) is 1. The van der Waals surface area contributed by atoms with E-state index in [2.05, 4.69) is 40.7 Å². The van der Waals surface area contributed by atoms with E-state index in [0.29, 0.717) is 5.92 Å². The van der Waals surface area contributed by atoms with E-state index >= 15 is 0 Å². The molecule has 1 aliphatic rings. The Morgan fingerprint density at radius 2 is 1.76 bits per heavy atom. The van der Waals surface area contributed by atoms with Gasteiger partial charge in [-0.3, -0.25) is 0 Å². The highest BCUT2D eigenvalue weighted by Crippen LogP contribution is 2.32. The van der Waals surface area contributed by atoms with Crippen LogP contribution < -0.4 is 0 Å². The van der Waals surface area contributed by atoms with Crippen molar-refractivity contribution in [2.75, 3.05) is 6.61 Å². The summed E-state index contributed by atoms with van der Waals surface area (Å²) >= 11 is 0. The van der Waals surface area contributed by atoms with Gasteiger partial charge in [-0.2, -0.15) is 0 Å². The Morgan fingerprint density at radius 3 is 2.44 bits per heavy atom. The minimum Gasteiger partial charge on any atom is -0.390 e. The van der Waals surface area contributed by atoms with Crippen molar-refractivity contribution < 1.29 is 14.9 Å². The molecule has 0 amide bonds. The van der Waals surface area contributed by atoms with Gasteiger partial charge in [0.05, 0.1) is 17.8 Å². The second kappa shape index (κ2) is 16.7. The van der Waals surface area contributed by atoms with Gasteiger partial charge in [0.2, 0.25) is 0 Å². The highest BCUT2D eigenvalue weighted by molar-refractivity contribution is 5.36. The molecular weight excluding hydrogens is 420 g/mol. The van der Waals surface area contributed by atoms with Gasteiger partial charge in [-0.15, -0.1) is 0 Å². The molecule has 0 aromatic rings. The Bertz CT molecular complexity index is 656. The van der Waals surface area contributed by atoms with Crippen LogP contribution in [0.2, 0.25) is 0 Å². The summed E-state index contributed by atoms with van der Waals surface area (Å²) in [6.45, 7) is 15.9. The summed E-state index contributed by atoms with van der Waals surface area (Å²) in [6.07, 6.45) is 18.2. The van der Waals surface area contributed by atoms with Gasteiger partial charge in [-0.05, 0) is 108 Å². The van der Waals surface area contributed by atoms with E-state index in [1.54, 1.807) is 0 Å². The van der Waals surface area contributed by atoms with Gasteiger partial charge in [0.25, 0.3) is 0 Å². The van der Waals surface area contributed by atoms with Crippen molar-refractivity contribution in [1.29, 1.82) is 0 Å². The Balaban J connectivity index is 2.39. The normalized spacial score (nSPS) is 22.0. The maximum Gasteiger partial charge on any atom is 0.0997 e.